The van der Waals surface area contributed by atoms with Crippen LogP contribution in [0.5, 0.6) is 0 Å². The molecule has 3 aliphatic heterocycles. The van der Waals surface area contributed by atoms with Crippen molar-refractivity contribution in [3.63, 3.8) is 0 Å². The molecular weight excluding hydrogens is 803 g/mol. The van der Waals surface area contributed by atoms with Crippen LogP contribution in [0.1, 0.15) is 93.7 Å². The van der Waals surface area contributed by atoms with E-state index in [1.807, 2.05) is 13.8 Å². The SMILES string of the molecule is COC(=O)N[C@H](C(=O)N1CC2(CC2)C[C@H]1c1ncc(-c2ccc3c(c2)C(F)(F)c2cc(-c4c[nH]c([C@@H]5CCCN5C(=O)[C@@H](NC(=O)OC)C5CCOCC5)n4)ccc2-3)[nH]1)C(C)C. The summed E-state index contributed by atoms with van der Waals surface area (Å²) in [6.07, 6.45) is 7.31. The van der Waals surface area contributed by atoms with Gasteiger partial charge in [0.1, 0.15) is 23.7 Å². The number of nitrogens with zero attached hydrogens (tertiary/aromatic N) is 4. The number of H-pyrrole nitrogens is 2. The molecule has 15 nitrogen and oxygen atoms in total. The number of halogens is 2. The molecule has 1 saturated carbocycles. The summed E-state index contributed by atoms with van der Waals surface area (Å²) in [5.41, 5.74) is 2.69. The third kappa shape index (κ3) is 7.47. The standard InChI is InChI=1S/C45H52F2N8O7/c1-24(2)36(52-42(58)60-3)40(56)55-23-44(13-14-44)20-35(55)39-49-22-33(51-39)27-8-10-29-28-9-7-26(18-30(28)45(46,47)31(29)19-27)32-21-48-38(50-32)34-6-5-15-54(34)41(57)37(53-43(59)61-4)25-11-16-62-17-12-25/h7-10,18-19,21-22,24-25,34-37H,5-6,11-17,20,23H2,1-4H3,(H,48,50)(H,49,51)(H,52,58)(H,53,59)/t34-,35-,36-,37-/m0/s1. The van der Waals surface area contributed by atoms with E-state index in [0.717, 1.165) is 25.7 Å². The summed E-state index contributed by atoms with van der Waals surface area (Å²) in [6, 6.07) is 7.68. The van der Waals surface area contributed by atoms with Crippen molar-refractivity contribution in [2.24, 2.45) is 17.3 Å². The highest BCUT2D eigenvalue weighted by Crippen LogP contribution is 2.58. The van der Waals surface area contributed by atoms with Gasteiger partial charge in [0.2, 0.25) is 11.8 Å². The fraction of sp³-hybridized carbons (Fsp3) is 0.511. The molecule has 2 aromatic carbocycles. The van der Waals surface area contributed by atoms with Gasteiger partial charge >= 0.3 is 12.2 Å². The number of alkyl halides is 2. The number of imidazole rings is 2. The van der Waals surface area contributed by atoms with E-state index in [1.165, 1.54) is 26.4 Å². The Bertz CT molecular complexity index is 2390. The number of nitrogens with one attached hydrogen (secondary N) is 4. The monoisotopic (exact) mass is 854 g/mol. The summed E-state index contributed by atoms with van der Waals surface area (Å²) in [7, 11) is 2.53. The van der Waals surface area contributed by atoms with Crippen molar-refractivity contribution in [3.8, 4) is 33.6 Å². The highest BCUT2D eigenvalue weighted by atomic mass is 19.3. The minimum absolute atomic E-state index is 0.00644. The van der Waals surface area contributed by atoms with Crippen molar-refractivity contribution < 1.29 is 42.2 Å². The molecule has 0 bridgehead atoms. The van der Waals surface area contributed by atoms with Crippen molar-refractivity contribution in [3.05, 3.63) is 71.6 Å². The third-order valence-corrected chi connectivity index (χ3v) is 13.6. The molecular formula is C45H52F2N8O7. The Kier molecular flexibility index (Phi) is 10.8. The summed E-state index contributed by atoms with van der Waals surface area (Å²) >= 11 is 0. The summed E-state index contributed by atoms with van der Waals surface area (Å²) < 4.78 is 48.3. The van der Waals surface area contributed by atoms with Gasteiger partial charge in [-0.2, -0.15) is 8.78 Å². The summed E-state index contributed by atoms with van der Waals surface area (Å²) in [6.45, 7) is 5.78. The summed E-state index contributed by atoms with van der Waals surface area (Å²) in [4.78, 5) is 72.0. The average molecular weight is 855 g/mol. The zero-order valence-electron chi connectivity index (χ0n) is 35.3. The van der Waals surface area contributed by atoms with Crippen molar-refractivity contribution in [2.75, 3.05) is 40.5 Å². The number of rotatable bonds is 10. The molecule has 328 valence electrons. The number of ether oxygens (including phenoxy) is 3. The molecule has 4 aromatic rings. The molecule has 4 atom stereocenters. The highest BCUT2D eigenvalue weighted by molar-refractivity contribution is 5.88. The van der Waals surface area contributed by atoms with Gasteiger partial charge in [0.15, 0.2) is 0 Å². The fourth-order valence-electron chi connectivity index (χ4n) is 9.92. The van der Waals surface area contributed by atoms with Gasteiger partial charge in [-0.3, -0.25) is 9.59 Å². The smallest absolute Gasteiger partial charge is 0.407 e. The van der Waals surface area contributed by atoms with Crippen molar-refractivity contribution in [1.82, 2.24) is 40.4 Å². The molecule has 4 N–H and O–H groups in total. The van der Waals surface area contributed by atoms with Crippen LogP contribution >= 0.6 is 0 Å². The molecule has 1 spiro atoms. The average Bonchev–Trinajstić information content (AvgIpc) is 3.87. The maximum Gasteiger partial charge on any atom is 0.407 e. The Labute approximate surface area is 357 Å². The van der Waals surface area contributed by atoms with E-state index < -0.39 is 30.2 Å². The second-order valence-electron chi connectivity index (χ2n) is 17.7. The molecule has 2 aromatic heterocycles. The van der Waals surface area contributed by atoms with Crippen LogP contribution < -0.4 is 10.6 Å². The molecule has 4 amide bonds. The van der Waals surface area contributed by atoms with E-state index in [4.69, 9.17) is 19.2 Å². The zero-order chi connectivity index (χ0) is 43.5. The Balaban J connectivity index is 0.933. The topological polar surface area (TPSA) is 184 Å². The van der Waals surface area contributed by atoms with Crippen LogP contribution in [0.2, 0.25) is 0 Å². The molecule has 0 unspecified atom stereocenters. The van der Waals surface area contributed by atoms with Gasteiger partial charge in [-0.25, -0.2) is 19.6 Å². The van der Waals surface area contributed by atoms with E-state index in [0.29, 0.717) is 90.9 Å². The maximum atomic E-state index is 16.6. The molecule has 9 rings (SSSR count). The quantitative estimate of drug-likeness (QED) is 0.133. The molecule has 17 heteroatoms. The predicted octanol–water partition coefficient (Wildman–Crippen LogP) is 6.84. The number of carbonyl (C=O) groups is 4. The lowest BCUT2D eigenvalue weighted by Crippen LogP contribution is -2.53. The third-order valence-electron chi connectivity index (χ3n) is 13.6. The number of aromatic nitrogens is 4. The van der Waals surface area contributed by atoms with E-state index in [9.17, 15) is 19.2 Å². The number of alkyl carbamates (subject to hydrolysis) is 2. The molecule has 0 radical (unpaired) electrons. The number of likely N-dealkylation sites (tertiary alicyclic amines) is 2. The number of aromatic amines is 2. The lowest BCUT2D eigenvalue weighted by molar-refractivity contribution is -0.137. The molecule has 4 fully saturated rings. The summed E-state index contributed by atoms with van der Waals surface area (Å²) in [5.74, 6) is -2.92. The van der Waals surface area contributed by atoms with Crippen molar-refractivity contribution in [2.45, 2.75) is 88.9 Å². The molecule has 5 heterocycles. The van der Waals surface area contributed by atoms with Crippen molar-refractivity contribution >= 4 is 24.0 Å². The summed E-state index contributed by atoms with van der Waals surface area (Å²) in [5, 5.41) is 5.46. The first-order valence-corrected chi connectivity index (χ1v) is 21.5. The van der Waals surface area contributed by atoms with Crippen LogP contribution in [0.4, 0.5) is 18.4 Å². The minimum atomic E-state index is -3.31. The first kappa shape index (κ1) is 41.5. The molecule has 2 aliphatic carbocycles. The van der Waals surface area contributed by atoms with E-state index in [-0.39, 0.29) is 52.3 Å². The fourth-order valence-corrected chi connectivity index (χ4v) is 9.92. The first-order chi connectivity index (χ1) is 29.8. The van der Waals surface area contributed by atoms with Crippen molar-refractivity contribution in [1.29, 1.82) is 0 Å². The highest BCUT2D eigenvalue weighted by Gasteiger charge is 2.55. The number of hydrogen-bond donors (Lipinski definition) is 4. The van der Waals surface area contributed by atoms with Gasteiger partial charge in [-0.05, 0) is 85.5 Å². The van der Waals surface area contributed by atoms with Gasteiger partial charge in [-0.15, -0.1) is 0 Å². The Hall–Kier alpha value is -5.84. The van der Waals surface area contributed by atoms with Gasteiger partial charge < -0.3 is 44.6 Å². The molecule has 3 saturated heterocycles. The second kappa shape index (κ2) is 16.1. The van der Waals surface area contributed by atoms with Crippen LogP contribution in [0.3, 0.4) is 0 Å². The van der Waals surface area contributed by atoms with Crippen LogP contribution in [0.25, 0.3) is 33.6 Å². The van der Waals surface area contributed by atoms with Crippen LogP contribution in [-0.4, -0.2) is 106 Å². The Morgan fingerprint density at radius 2 is 1.55 bits per heavy atom. The lowest BCUT2D eigenvalue weighted by atomic mass is 9.90. The predicted molar refractivity (Wildman–Crippen MR) is 222 cm³/mol. The molecule has 62 heavy (non-hydrogen) atoms. The van der Waals surface area contributed by atoms with E-state index in [1.54, 1.807) is 46.5 Å². The van der Waals surface area contributed by atoms with Gasteiger partial charge in [0, 0.05) is 54.8 Å². The first-order valence-electron chi connectivity index (χ1n) is 21.5. The van der Waals surface area contributed by atoms with Gasteiger partial charge in [0.25, 0.3) is 5.92 Å². The van der Waals surface area contributed by atoms with Crippen LogP contribution in [0, 0.1) is 17.3 Å². The largest absolute Gasteiger partial charge is 0.453 e. The number of amides is 4. The molecule has 5 aliphatic rings. The Morgan fingerprint density at radius 1 is 0.871 bits per heavy atom. The zero-order valence-corrected chi connectivity index (χ0v) is 35.3. The van der Waals surface area contributed by atoms with Gasteiger partial charge in [-0.1, -0.05) is 38.1 Å². The number of carbonyl (C=O) groups excluding carboxylic acids is 4. The number of methoxy groups -OCH3 is 2. The number of hydrogen-bond acceptors (Lipinski definition) is 9. The Morgan fingerprint density at radius 3 is 2.23 bits per heavy atom. The van der Waals surface area contributed by atoms with Crippen LogP contribution in [-0.2, 0) is 29.7 Å². The van der Waals surface area contributed by atoms with Crippen LogP contribution in [0.15, 0.2) is 48.8 Å². The maximum absolute atomic E-state index is 16.6. The second-order valence-corrected chi connectivity index (χ2v) is 17.7. The van der Waals surface area contributed by atoms with Gasteiger partial charge in [0.05, 0.1) is 43.9 Å². The van der Waals surface area contributed by atoms with E-state index >= 15 is 8.78 Å². The minimum Gasteiger partial charge on any atom is -0.453 e. The van der Waals surface area contributed by atoms with E-state index in [2.05, 4.69) is 25.6 Å². The number of benzene rings is 2. The number of fused-ring (bicyclic) bond motifs is 3. The normalized spacial score (nSPS) is 22.0. The lowest BCUT2D eigenvalue weighted by Gasteiger charge is -2.34.